The highest BCUT2D eigenvalue weighted by Gasteiger charge is 2.30. The van der Waals surface area contributed by atoms with Crippen LogP contribution in [0.4, 0.5) is 5.69 Å². The predicted molar refractivity (Wildman–Crippen MR) is 142 cm³/mol. The second-order valence-corrected chi connectivity index (χ2v) is 11.2. The first-order chi connectivity index (χ1) is 16.5. The summed E-state index contributed by atoms with van der Waals surface area (Å²) in [6, 6.07) is 13.1. The fourth-order valence-corrected chi connectivity index (χ4v) is 4.67. The maximum Gasteiger partial charge on any atom is 0.244 e. The van der Waals surface area contributed by atoms with Gasteiger partial charge in [-0.25, -0.2) is 8.42 Å². The van der Waals surface area contributed by atoms with E-state index in [-0.39, 0.29) is 18.5 Å². The maximum absolute atomic E-state index is 13.5. The maximum atomic E-state index is 13.5. The van der Waals surface area contributed by atoms with E-state index >= 15 is 0 Å². The van der Waals surface area contributed by atoms with E-state index in [0.717, 1.165) is 27.0 Å². The lowest BCUT2D eigenvalue weighted by Crippen LogP contribution is -2.52. The molecule has 1 N–H and O–H groups in total. The van der Waals surface area contributed by atoms with Crippen LogP contribution in [0.15, 0.2) is 53.0 Å². The fraction of sp³-hybridized carbons (Fsp3) is 0.440. The first kappa shape index (κ1) is 28.6. The van der Waals surface area contributed by atoms with E-state index in [0.29, 0.717) is 18.0 Å². The Morgan fingerprint density at radius 3 is 2.29 bits per heavy atom. The molecule has 0 heterocycles. The lowest BCUT2D eigenvalue weighted by atomic mass is 10.1. The molecule has 0 bridgehead atoms. The van der Waals surface area contributed by atoms with E-state index in [9.17, 15) is 18.0 Å². The van der Waals surface area contributed by atoms with Crippen molar-refractivity contribution in [1.82, 2.24) is 10.2 Å². The zero-order valence-corrected chi connectivity index (χ0v) is 23.2. The zero-order valence-electron chi connectivity index (χ0n) is 20.8. The van der Waals surface area contributed by atoms with Crippen molar-refractivity contribution < 1.29 is 22.7 Å². The average Bonchev–Trinajstić information content (AvgIpc) is 2.80. The number of rotatable bonds is 12. The first-order valence-corrected chi connectivity index (χ1v) is 14.1. The summed E-state index contributed by atoms with van der Waals surface area (Å²) < 4.78 is 32.6. The molecule has 0 aliphatic rings. The molecule has 0 saturated carbocycles. The molecule has 35 heavy (non-hydrogen) atoms. The van der Waals surface area contributed by atoms with Crippen molar-refractivity contribution in [3.8, 4) is 5.75 Å². The molecule has 192 valence electrons. The van der Waals surface area contributed by atoms with Crippen molar-refractivity contribution >= 4 is 43.5 Å². The van der Waals surface area contributed by atoms with Gasteiger partial charge in [-0.05, 0) is 69.2 Å². The quantitative estimate of drug-likeness (QED) is 0.419. The third-order valence-corrected chi connectivity index (χ3v) is 7.16. The molecule has 0 saturated heterocycles. The summed E-state index contributed by atoms with van der Waals surface area (Å²) in [6.45, 7) is 7.54. The van der Waals surface area contributed by atoms with Crippen LogP contribution in [-0.4, -0.2) is 56.6 Å². The number of benzene rings is 2. The highest BCUT2D eigenvalue weighted by atomic mass is 79.9. The third kappa shape index (κ3) is 8.54. The molecule has 0 aromatic heterocycles. The molecule has 2 atom stereocenters. The Morgan fingerprint density at radius 1 is 1.09 bits per heavy atom. The van der Waals surface area contributed by atoms with E-state index in [1.165, 1.54) is 4.90 Å². The summed E-state index contributed by atoms with van der Waals surface area (Å²) in [5.41, 5.74) is 1.14. The monoisotopic (exact) mass is 567 g/mol. The number of halogens is 1. The Balaban J connectivity index is 2.36. The van der Waals surface area contributed by atoms with E-state index in [2.05, 4.69) is 21.2 Å². The molecule has 2 amide bonds. The predicted octanol–water partition coefficient (Wildman–Crippen LogP) is 3.95. The second-order valence-electron chi connectivity index (χ2n) is 8.34. The smallest absolute Gasteiger partial charge is 0.244 e. The number of hydrogen-bond donors (Lipinski definition) is 1. The van der Waals surface area contributed by atoms with Crippen LogP contribution in [-0.2, 0) is 26.2 Å². The van der Waals surface area contributed by atoms with Gasteiger partial charge in [-0.15, -0.1) is 0 Å². The minimum atomic E-state index is -3.78. The van der Waals surface area contributed by atoms with Crippen molar-refractivity contribution in [2.24, 2.45) is 0 Å². The molecule has 0 radical (unpaired) electrons. The fourth-order valence-electron chi connectivity index (χ4n) is 3.37. The number of hydrogen-bond acceptors (Lipinski definition) is 5. The van der Waals surface area contributed by atoms with Crippen molar-refractivity contribution in [3.63, 3.8) is 0 Å². The van der Waals surface area contributed by atoms with Crippen molar-refractivity contribution in [1.29, 1.82) is 0 Å². The largest absolute Gasteiger partial charge is 0.494 e. The Bertz CT molecular complexity index is 1110. The van der Waals surface area contributed by atoms with Gasteiger partial charge in [0, 0.05) is 17.1 Å². The van der Waals surface area contributed by atoms with Crippen molar-refractivity contribution in [3.05, 3.63) is 58.6 Å². The summed E-state index contributed by atoms with van der Waals surface area (Å²) in [5.74, 6) is -0.187. The number of nitrogens with zero attached hydrogens (tertiary/aromatic N) is 2. The van der Waals surface area contributed by atoms with Gasteiger partial charge in [-0.2, -0.15) is 0 Å². The average molecular weight is 569 g/mol. The third-order valence-electron chi connectivity index (χ3n) is 5.53. The van der Waals surface area contributed by atoms with Crippen LogP contribution in [0.2, 0.25) is 0 Å². The van der Waals surface area contributed by atoms with Crippen LogP contribution in [0.3, 0.4) is 0 Å². The van der Waals surface area contributed by atoms with Gasteiger partial charge in [-0.3, -0.25) is 13.9 Å². The number of anilines is 1. The van der Waals surface area contributed by atoms with Gasteiger partial charge in [0.25, 0.3) is 0 Å². The second kappa shape index (κ2) is 12.9. The highest BCUT2D eigenvalue weighted by Crippen LogP contribution is 2.23. The number of amides is 2. The topological polar surface area (TPSA) is 96.0 Å². The summed E-state index contributed by atoms with van der Waals surface area (Å²) in [7, 11) is -3.78. The van der Waals surface area contributed by atoms with Crippen molar-refractivity contribution in [2.75, 3.05) is 23.7 Å². The molecule has 0 aliphatic carbocycles. The Morgan fingerprint density at radius 2 is 1.74 bits per heavy atom. The number of nitrogens with one attached hydrogen (secondary N) is 1. The van der Waals surface area contributed by atoms with Crippen LogP contribution in [0.5, 0.6) is 5.75 Å². The molecule has 2 rings (SSSR count). The Hall–Kier alpha value is -2.59. The number of sulfonamides is 1. The molecule has 0 aliphatic heterocycles. The normalized spacial score (nSPS) is 13.0. The number of ether oxygens (including phenoxy) is 1. The first-order valence-electron chi connectivity index (χ1n) is 11.5. The van der Waals surface area contributed by atoms with Gasteiger partial charge < -0.3 is 15.0 Å². The lowest BCUT2D eigenvalue weighted by molar-refractivity contribution is -0.139. The molecule has 2 aromatic carbocycles. The Kier molecular flexibility index (Phi) is 10.6. The minimum Gasteiger partial charge on any atom is -0.494 e. The van der Waals surface area contributed by atoms with E-state index in [1.54, 1.807) is 31.2 Å². The highest BCUT2D eigenvalue weighted by molar-refractivity contribution is 9.10. The van der Waals surface area contributed by atoms with Crippen LogP contribution >= 0.6 is 15.9 Å². The molecule has 10 heteroatoms. The van der Waals surface area contributed by atoms with Crippen molar-refractivity contribution in [2.45, 2.75) is 52.7 Å². The van der Waals surface area contributed by atoms with Crippen LogP contribution in [0, 0.1) is 0 Å². The van der Waals surface area contributed by atoms with Crippen LogP contribution in [0.25, 0.3) is 0 Å². The van der Waals surface area contributed by atoms with E-state index in [4.69, 9.17) is 4.74 Å². The SMILES string of the molecule is CCOc1ccc(N(CC(=O)N(Cc2cccc(Br)c2)[C@H](C)C(=O)N[C@@H](C)CC)S(C)(=O)=O)cc1. The molecule has 0 spiro atoms. The number of carbonyl (C=O) groups excluding carboxylic acids is 2. The molecular formula is C25H34BrN3O5S. The van der Waals surface area contributed by atoms with Gasteiger partial charge in [0.2, 0.25) is 21.8 Å². The molecule has 0 unspecified atom stereocenters. The standard InChI is InChI=1S/C25H34BrN3O5S/c1-6-18(3)27-25(31)19(4)28(16-20-9-8-10-21(26)15-20)24(30)17-29(35(5,32)33)22-11-13-23(14-12-22)34-7-2/h8-15,18-19H,6-7,16-17H2,1-5H3,(H,27,31)/t18-,19+/m0/s1. The summed E-state index contributed by atoms with van der Waals surface area (Å²) in [4.78, 5) is 27.9. The van der Waals surface area contributed by atoms with Gasteiger partial charge in [-0.1, -0.05) is 35.0 Å². The van der Waals surface area contributed by atoms with Gasteiger partial charge >= 0.3 is 0 Å². The molecule has 0 fully saturated rings. The summed E-state index contributed by atoms with van der Waals surface area (Å²) in [5, 5.41) is 2.91. The molecule has 2 aromatic rings. The van der Waals surface area contributed by atoms with Gasteiger partial charge in [0.15, 0.2) is 0 Å². The van der Waals surface area contributed by atoms with Gasteiger partial charge in [0.05, 0.1) is 18.6 Å². The lowest BCUT2D eigenvalue weighted by Gasteiger charge is -2.32. The minimum absolute atomic E-state index is 0.0517. The Labute approximate surface area is 216 Å². The summed E-state index contributed by atoms with van der Waals surface area (Å²) in [6.07, 6.45) is 1.80. The molecule has 8 nitrogen and oxygen atoms in total. The molecular weight excluding hydrogens is 534 g/mol. The van der Waals surface area contributed by atoms with Crippen LogP contribution < -0.4 is 14.4 Å². The van der Waals surface area contributed by atoms with E-state index in [1.807, 2.05) is 45.0 Å². The summed E-state index contributed by atoms with van der Waals surface area (Å²) >= 11 is 3.43. The number of carbonyl (C=O) groups is 2. The van der Waals surface area contributed by atoms with Gasteiger partial charge in [0.1, 0.15) is 18.3 Å². The van der Waals surface area contributed by atoms with Crippen LogP contribution in [0.1, 0.15) is 39.7 Å². The zero-order chi connectivity index (χ0) is 26.2. The van der Waals surface area contributed by atoms with E-state index < -0.39 is 28.5 Å².